The van der Waals surface area contributed by atoms with E-state index in [2.05, 4.69) is 0 Å². The summed E-state index contributed by atoms with van der Waals surface area (Å²) in [5.74, 6) is 0.485. The Kier molecular flexibility index (Phi) is 2.58. The monoisotopic (exact) mass is 174 g/mol. The van der Waals surface area contributed by atoms with Gasteiger partial charge in [0.25, 0.3) is 0 Å². The summed E-state index contributed by atoms with van der Waals surface area (Å²) in [5, 5.41) is 0.759. The van der Waals surface area contributed by atoms with Gasteiger partial charge in [-0.3, -0.25) is 0 Å². The van der Waals surface area contributed by atoms with Gasteiger partial charge < -0.3 is 0 Å². The van der Waals surface area contributed by atoms with Gasteiger partial charge in [-0.25, -0.2) is 0 Å². The fraction of sp³-hybridized carbons (Fsp3) is 0.250. The molecule has 0 heterocycles. The van der Waals surface area contributed by atoms with E-state index in [1.165, 1.54) is 5.56 Å². The van der Waals surface area contributed by atoms with Gasteiger partial charge in [-0.05, 0) is 24.1 Å². The summed E-state index contributed by atoms with van der Waals surface area (Å²) in [7, 11) is 0. The molecule has 0 aromatic heterocycles. The first-order valence-corrected chi connectivity index (χ1v) is 3.96. The minimum atomic E-state index is 0.485. The van der Waals surface area contributed by atoms with Gasteiger partial charge in [-0.15, -0.1) is 11.6 Å². The third-order valence-corrected chi connectivity index (χ3v) is 1.99. The summed E-state index contributed by atoms with van der Waals surface area (Å²) in [6, 6.07) is 5.87. The van der Waals surface area contributed by atoms with Crippen LogP contribution in [0.3, 0.4) is 0 Å². The maximum absolute atomic E-state index is 5.85. The predicted molar refractivity (Wildman–Crippen MR) is 45.7 cm³/mol. The van der Waals surface area contributed by atoms with Crippen LogP contribution in [0, 0.1) is 6.92 Å². The molecule has 0 aliphatic rings. The molecule has 0 nitrogen and oxygen atoms in total. The molecule has 0 aliphatic carbocycles. The average Bonchev–Trinajstić information content (AvgIpc) is 1.88. The number of hydrogen-bond donors (Lipinski definition) is 0. The highest BCUT2D eigenvalue weighted by Gasteiger charge is 1.96. The van der Waals surface area contributed by atoms with E-state index in [9.17, 15) is 0 Å². The number of benzene rings is 1. The Hall–Kier alpha value is -0.200. The number of halogens is 2. The Morgan fingerprint density at radius 2 is 2.10 bits per heavy atom. The van der Waals surface area contributed by atoms with Crippen molar-refractivity contribution in [3.8, 4) is 0 Å². The van der Waals surface area contributed by atoms with Crippen molar-refractivity contribution in [1.29, 1.82) is 0 Å². The summed E-state index contributed by atoms with van der Waals surface area (Å²) in [4.78, 5) is 0. The first kappa shape index (κ1) is 7.90. The Morgan fingerprint density at radius 1 is 1.40 bits per heavy atom. The molecule has 0 spiro atoms. The van der Waals surface area contributed by atoms with Gasteiger partial charge in [0.2, 0.25) is 0 Å². The average molecular weight is 175 g/mol. The van der Waals surface area contributed by atoms with Crippen LogP contribution >= 0.6 is 23.2 Å². The molecule has 2 heteroatoms. The SMILES string of the molecule is Cc1ccc(CCl)c(Cl)c1. The Balaban J connectivity index is 3.07. The fourth-order valence-electron chi connectivity index (χ4n) is 0.761. The Morgan fingerprint density at radius 3 is 2.60 bits per heavy atom. The molecular formula is C8H8Cl2. The third kappa shape index (κ3) is 1.65. The zero-order valence-corrected chi connectivity index (χ0v) is 7.21. The molecule has 0 fully saturated rings. The van der Waals surface area contributed by atoms with Crippen molar-refractivity contribution in [2.75, 3.05) is 0 Å². The lowest BCUT2D eigenvalue weighted by Gasteiger charge is -1.99. The van der Waals surface area contributed by atoms with Crippen LogP contribution in [-0.2, 0) is 5.88 Å². The van der Waals surface area contributed by atoms with Crippen molar-refractivity contribution in [2.45, 2.75) is 12.8 Å². The minimum Gasteiger partial charge on any atom is -0.121 e. The number of aryl methyl sites for hydroxylation is 1. The lowest BCUT2D eigenvalue weighted by atomic mass is 10.2. The van der Waals surface area contributed by atoms with E-state index >= 15 is 0 Å². The van der Waals surface area contributed by atoms with Gasteiger partial charge in [0, 0.05) is 10.9 Å². The van der Waals surface area contributed by atoms with Crippen LogP contribution in [0.15, 0.2) is 18.2 Å². The van der Waals surface area contributed by atoms with Crippen LogP contribution < -0.4 is 0 Å². The van der Waals surface area contributed by atoms with Crippen molar-refractivity contribution < 1.29 is 0 Å². The number of hydrogen-bond acceptors (Lipinski definition) is 0. The van der Waals surface area contributed by atoms with Crippen LogP contribution in [-0.4, -0.2) is 0 Å². The summed E-state index contributed by atoms with van der Waals surface area (Å²) in [6.07, 6.45) is 0. The van der Waals surface area contributed by atoms with Gasteiger partial charge in [-0.1, -0.05) is 23.7 Å². The van der Waals surface area contributed by atoms with Crippen LogP contribution in [0.1, 0.15) is 11.1 Å². The zero-order valence-electron chi connectivity index (χ0n) is 5.70. The molecule has 0 aliphatic heterocycles. The second-order valence-electron chi connectivity index (χ2n) is 2.23. The molecule has 0 bridgehead atoms. The molecule has 0 amide bonds. The third-order valence-electron chi connectivity index (χ3n) is 1.35. The Labute approximate surface area is 70.8 Å². The van der Waals surface area contributed by atoms with Gasteiger partial charge in [0.1, 0.15) is 0 Å². The van der Waals surface area contributed by atoms with Crippen LogP contribution in [0.4, 0.5) is 0 Å². The van der Waals surface area contributed by atoms with Crippen LogP contribution in [0.25, 0.3) is 0 Å². The topological polar surface area (TPSA) is 0 Å². The van der Waals surface area contributed by atoms with Crippen molar-refractivity contribution in [1.82, 2.24) is 0 Å². The second kappa shape index (κ2) is 3.27. The quantitative estimate of drug-likeness (QED) is 0.574. The van der Waals surface area contributed by atoms with Crippen molar-refractivity contribution in [2.24, 2.45) is 0 Å². The molecule has 1 rings (SSSR count). The summed E-state index contributed by atoms with van der Waals surface area (Å²) in [6.45, 7) is 2.00. The van der Waals surface area contributed by atoms with E-state index < -0.39 is 0 Å². The predicted octanol–water partition coefficient (Wildman–Crippen LogP) is 3.39. The fourth-order valence-corrected chi connectivity index (χ4v) is 1.36. The molecule has 0 unspecified atom stereocenters. The second-order valence-corrected chi connectivity index (χ2v) is 2.90. The van der Waals surface area contributed by atoms with Crippen molar-refractivity contribution in [3.63, 3.8) is 0 Å². The zero-order chi connectivity index (χ0) is 7.56. The largest absolute Gasteiger partial charge is 0.121 e. The van der Waals surface area contributed by atoms with Crippen LogP contribution in [0.2, 0.25) is 5.02 Å². The lowest BCUT2D eigenvalue weighted by Crippen LogP contribution is -1.80. The first-order valence-electron chi connectivity index (χ1n) is 3.05. The molecular weight excluding hydrogens is 167 g/mol. The summed E-state index contributed by atoms with van der Waals surface area (Å²) >= 11 is 11.4. The molecule has 1 aromatic carbocycles. The molecule has 0 N–H and O–H groups in total. The maximum atomic E-state index is 5.85. The highest BCUT2D eigenvalue weighted by Crippen LogP contribution is 2.18. The number of alkyl halides is 1. The Bertz CT molecular complexity index is 231. The normalized spacial score (nSPS) is 9.90. The molecule has 10 heavy (non-hydrogen) atoms. The molecule has 0 saturated carbocycles. The van der Waals surface area contributed by atoms with Crippen molar-refractivity contribution in [3.05, 3.63) is 34.3 Å². The number of rotatable bonds is 1. The van der Waals surface area contributed by atoms with Crippen LogP contribution in [0.5, 0.6) is 0 Å². The highest BCUT2D eigenvalue weighted by molar-refractivity contribution is 6.32. The van der Waals surface area contributed by atoms with Gasteiger partial charge in [0.15, 0.2) is 0 Å². The van der Waals surface area contributed by atoms with Crippen molar-refractivity contribution >= 4 is 23.2 Å². The van der Waals surface area contributed by atoms with E-state index in [0.29, 0.717) is 5.88 Å². The first-order chi connectivity index (χ1) is 4.74. The highest BCUT2D eigenvalue weighted by atomic mass is 35.5. The smallest absolute Gasteiger partial charge is 0.0488 e. The minimum absolute atomic E-state index is 0.485. The molecule has 0 saturated heterocycles. The molecule has 0 atom stereocenters. The molecule has 1 aromatic rings. The standard InChI is InChI=1S/C8H8Cl2/c1-6-2-3-7(5-9)8(10)4-6/h2-4H,5H2,1H3. The van der Waals surface area contributed by atoms with E-state index in [1.807, 2.05) is 25.1 Å². The van der Waals surface area contributed by atoms with Gasteiger partial charge >= 0.3 is 0 Å². The van der Waals surface area contributed by atoms with Gasteiger partial charge in [-0.2, -0.15) is 0 Å². The van der Waals surface area contributed by atoms with E-state index in [1.54, 1.807) is 0 Å². The molecule has 0 radical (unpaired) electrons. The van der Waals surface area contributed by atoms with E-state index in [4.69, 9.17) is 23.2 Å². The van der Waals surface area contributed by atoms with Gasteiger partial charge in [0.05, 0.1) is 0 Å². The lowest BCUT2D eigenvalue weighted by molar-refractivity contribution is 1.36. The molecule has 54 valence electrons. The maximum Gasteiger partial charge on any atom is 0.0488 e. The van der Waals surface area contributed by atoms with E-state index in [0.717, 1.165) is 10.6 Å². The van der Waals surface area contributed by atoms with E-state index in [-0.39, 0.29) is 0 Å². The summed E-state index contributed by atoms with van der Waals surface area (Å²) < 4.78 is 0. The summed E-state index contributed by atoms with van der Waals surface area (Å²) in [5.41, 5.74) is 2.16.